The molecule has 144 valence electrons. The molecule has 0 saturated heterocycles. The van der Waals surface area contributed by atoms with Gasteiger partial charge in [-0.15, -0.1) is 0 Å². The quantitative estimate of drug-likeness (QED) is 0.169. The van der Waals surface area contributed by atoms with E-state index in [1.165, 1.54) is 6.07 Å². The smallest absolute Gasteiger partial charge is 0.255 e. The van der Waals surface area contributed by atoms with Crippen LogP contribution >= 0.6 is 11.6 Å². The standard InChI is InChI=1S/C21H15ClN4O3/c1-25(28)17-9-10-18-19(12-17)26(29)20(24-18)13-5-7-16(8-6-13)23-21(27)14-3-2-4-15(22)11-14/h2-12,29H,1H2,(H,23,27). The number of fused-ring (bicyclic) bond motifs is 1. The number of hydrogen-bond donors (Lipinski definition) is 2. The zero-order valence-electron chi connectivity index (χ0n) is 15.0. The first-order chi connectivity index (χ1) is 13.9. The van der Waals surface area contributed by atoms with Gasteiger partial charge >= 0.3 is 0 Å². The van der Waals surface area contributed by atoms with Crippen LogP contribution in [0.25, 0.3) is 22.4 Å². The van der Waals surface area contributed by atoms with Crippen molar-refractivity contribution in [3.05, 3.63) is 82.5 Å². The first kappa shape index (κ1) is 18.5. The number of rotatable bonds is 4. The van der Waals surface area contributed by atoms with E-state index in [0.29, 0.717) is 49.1 Å². The number of benzene rings is 3. The van der Waals surface area contributed by atoms with Crippen LogP contribution in [0, 0.1) is 5.21 Å². The molecule has 0 fully saturated rings. The summed E-state index contributed by atoms with van der Waals surface area (Å²) in [6, 6.07) is 18.2. The Hall–Kier alpha value is -3.84. The van der Waals surface area contributed by atoms with E-state index in [2.05, 4.69) is 17.0 Å². The first-order valence-corrected chi connectivity index (χ1v) is 8.97. The van der Waals surface area contributed by atoms with Gasteiger partial charge in [-0.05, 0) is 48.5 Å². The van der Waals surface area contributed by atoms with Gasteiger partial charge in [0.05, 0.1) is 5.52 Å². The first-order valence-electron chi connectivity index (χ1n) is 8.59. The molecule has 1 heterocycles. The maximum atomic E-state index is 12.3. The largest absolute Gasteiger partial charge is 0.619 e. The number of halogens is 1. The predicted octanol–water partition coefficient (Wildman–Crippen LogP) is 4.69. The van der Waals surface area contributed by atoms with Crippen molar-refractivity contribution in [1.82, 2.24) is 9.71 Å². The average molecular weight is 407 g/mol. The van der Waals surface area contributed by atoms with Gasteiger partial charge in [-0.25, -0.2) is 4.98 Å². The van der Waals surface area contributed by atoms with E-state index < -0.39 is 0 Å². The highest BCUT2D eigenvalue weighted by atomic mass is 35.5. The number of nitrogens with one attached hydrogen (secondary N) is 1. The Kier molecular flexibility index (Phi) is 4.66. The molecule has 0 spiro atoms. The maximum absolute atomic E-state index is 12.3. The molecule has 0 aliphatic rings. The molecule has 2 N–H and O–H groups in total. The summed E-state index contributed by atoms with van der Waals surface area (Å²) in [6.45, 7) is 3.29. The van der Waals surface area contributed by atoms with Crippen molar-refractivity contribution in [2.75, 3.05) is 5.32 Å². The molecule has 4 rings (SSSR count). The summed E-state index contributed by atoms with van der Waals surface area (Å²) in [6.07, 6.45) is 0. The van der Waals surface area contributed by atoms with E-state index in [9.17, 15) is 15.2 Å². The molecule has 0 atom stereocenters. The lowest BCUT2D eigenvalue weighted by atomic mass is 10.1. The lowest BCUT2D eigenvalue weighted by Gasteiger charge is -2.07. The van der Waals surface area contributed by atoms with Crippen molar-refractivity contribution in [3.63, 3.8) is 0 Å². The van der Waals surface area contributed by atoms with Gasteiger partial charge < -0.3 is 15.7 Å². The lowest BCUT2D eigenvalue weighted by molar-refractivity contribution is -0.349. The molecule has 7 nitrogen and oxygen atoms in total. The van der Waals surface area contributed by atoms with Crippen LogP contribution in [0.2, 0.25) is 5.02 Å². The molecule has 1 amide bonds. The minimum Gasteiger partial charge on any atom is -0.619 e. The fourth-order valence-corrected chi connectivity index (χ4v) is 3.12. The van der Waals surface area contributed by atoms with Gasteiger partial charge in [0.1, 0.15) is 12.2 Å². The van der Waals surface area contributed by atoms with Crippen molar-refractivity contribution < 1.29 is 14.7 Å². The third kappa shape index (κ3) is 3.63. The Labute approximate surface area is 170 Å². The van der Waals surface area contributed by atoms with E-state index in [4.69, 9.17) is 11.6 Å². The summed E-state index contributed by atoms with van der Waals surface area (Å²) >= 11 is 5.92. The summed E-state index contributed by atoms with van der Waals surface area (Å²) < 4.78 is 1.38. The van der Waals surface area contributed by atoms with E-state index in [1.807, 2.05) is 0 Å². The SMILES string of the molecule is C=[N+]([O-])c1ccc2nc(-c3ccc(NC(=O)c4cccc(Cl)c4)cc3)n(O)c2c1. The second kappa shape index (κ2) is 7.29. The Morgan fingerprint density at radius 3 is 2.59 bits per heavy atom. The fraction of sp³-hybridized carbons (Fsp3) is 0. The van der Waals surface area contributed by atoms with Crippen LogP contribution in [-0.2, 0) is 0 Å². The number of carbonyl (C=O) groups excluding carboxylic acids is 1. The minimum atomic E-state index is -0.280. The topological polar surface area (TPSA) is 93.2 Å². The summed E-state index contributed by atoms with van der Waals surface area (Å²) in [5.74, 6) is 0.0314. The summed E-state index contributed by atoms with van der Waals surface area (Å²) in [4.78, 5) is 16.7. The van der Waals surface area contributed by atoms with Gasteiger partial charge in [-0.3, -0.25) is 4.79 Å². The van der Waals surface area contributed by atoms with Crippen molar-refractivity contribution in [3.8, 4) is 11.4 Å². The lowest BCUT2D eigenvalue weighted by Crippen LogP contribution is -2.11. The molecule has 0 radical (unpaired) electrons. The summed E-state index contributed by atoms with van der Waals surface area (Å²) in [7, 11) is 0. The third-order valence-corrected chi connectivity index (χ3v) is 4.63. The summed E-state index contributed by atoms with van der Waals surface area (Å²) in [5, 5.41) is 25.1. The Bertz CT molecular complexity index is 1250. The van der Waals surface area contributed by atoms with Crippen LogP contribution in [0.1, 0.15) is 10.4 Å². The molecule has 0 unspecified atom stereocenters. The Balaban J connectivity index is 1.60. The molecule has 3 aromatic carbocycles. The van der Waals surface area contributed by atoms with Crippen LogP contribution in [-0.4, -0.2) is 32.3 Å². The van der Waals surface area contributed by atoms with Crippen molar-refractivity contribution >= 4 is 46.6 Å². The zero-order valence-corrected chi connectivity index (χ0v) is 15.8. The molecule has 0 bridgehead atoms. The highest BCUT2D eigenvalue weighted by Crippen LogP contribution is 2.27. The minimum absolute atomic E-state index is 0.280. The molecule has 4 aromatic rings. The van der Waals surface area contributed by atoms with Crippen LogP contribution < -0.4 is 5.32 Å². The molecular weight excluding hydrogens is 392 g/mol. The highest BCUT2D eigenvalue weighted by molar-refractivity contribution is 6.31. The van der Waals surface area contributed by atoms with Gasteiger partial charge in [0.15, 0.2) is 5.82 Å². The van der Waals surface area contributed by atoms with Crippen molar-refractivity contribution in [2.45, 2.75) is 0 Å². The molecule has 0 saturated carbocycles. The van der Waals surface area contributed by atoms with Gasteiger partial charge in [0.25, 0.3) is 5.91 Å². The molecular formula is C21H15ClN4O3. The van der Waals surface area contributed by atoms with E-state index >= 15 is 0 Å². The van der Waals surface area contributed by atoms with Gasteiger partial charge in [0, 0.05) is 34.0 Å². The predicted molar refractivity (Wildman–Crippen MR) is 112 cm³/mol. The zero-order chi connectivity index (χ0) is 20.5. The average Bonchev–Trinajstić information content (AvgIpc) is 3.04. The number of hydrogen-bond acceptors (Lipinski definition) is 4. The molecule has 0 aliphatic carbocycles. The normalized spacial score (nSPS) is 10.8. The number of imidazole rings is 1. The van der Waals surface area contributed by atoms with Crippen LogP contribution in [0.15, 0.2) is 66.7 Å². The number of anilines is 1. The Morgan fingerprint density at radius 1 is 1.14 bits per heavy atom. The maximum Gasteiger partial charge on any atom is 0.255 e. The summed E-state index contributed by atoms with van der Waals surface area (Å²) in [5.41, 5.74) is 2.90. The van der Waals surface area contributed by atoms with Crippen LogP contribution in [0.3, 0.4) is 0 Å². The van der Waals surface area contributed by atoms with Gasteiger partial charge in [-0.1, -0.05) is 17.7 Å². The number of carbonyl (C=O) groups is 1. The fourth-order valence-electron chi connectivity index (χ4n) is 2.93. The van der Waals surface area contributed by atoms with Crippen molar-refractivity contribution in [1.29, 1.82) is 0 Å². The number of nitrogens with zero attached hydrogens (tertiary/aromatic N) is 3. The Morgan fingerprint density at radius 2 is 1.90 bits per heavy atom. The van der Waals surface area contributed by atoms with Crippen LogP contribution in [0.5, 0.6) is 0 Å². The third-order valence-electron chi connectivity index (χ3n) is 4.39. The second-order valence-corrected chi connectivity index (χ2v) is 6.78. The monoisotopic (exact) mass is 406 g/mol. The van der Waals surface area contributed by atoms with E-state index in [0.717, 1.165) is 4.73 Å². The second-order valence-electron chi connectivity index (χ2n) is 6.34. The molecule has 8 heteroatoms. The number of aromatic nitrogens is 2. The van der Waals surface area contributed by atoms with Gasteiger partial charge in [-0.2, -0.15) is 9.47 Å². The molecule has 29 heavy (non-hydrogen) atoms. The van der Waals surface area contributed by atoms with Gasteiger partial charge in [0.2, 0.25) is 5.69 Å². The van der Waals surface area contributed by atoms with E-state index in [-0.39, 0.29) is 5.91 Å². The molecule has 0 aliphatic heterocycles. The number of amides is 1. The van der Waals surface area contributed by atoms with Crippen LogP contribution in [0.4, 0.5) is 11.4 Å². The molecule has 1 aromatic heterocycles. The van der Waals surface area contributed by atoms with E-state index in [1.54, 1.807) is 60.7 Å². The van der Waals surface area contributed by atoms with Crippen molar-refractivity contribution in [2.24, 2.45) is 0 Å². The highest BCUT2D eigenvalue weighted by Gasteiger charge is 2.14.